The summed E-state index contributed by atoms with van der Waals surface area (Å²) >= 11 is 12.2. The van der Waals surface area contributed by atoms with Crippen molar-refractivity contribution in [3.8, 4) is 0 Å². The van der Waals surface area contributed by atoms with Crippen molar-refractivity contribution in [3.63, 3.8) is 0 Å². The third-order valence-corrected chi connectivity index (χ3v) is 3.66. The third kappa shape index (κ3) is 2.84. The van der Waals surface area contributed by atoms with E-state index in [0.717, 1.165) is 11.1 Å². The molecule has 110 valence electrons. The number of nitrogens with zero attached hydrogens (tertiary/aromatic N) is 1. The van der Waals surface area contributed by atoms with Gasteiger partial charge in [-0.25, -0.2) is 4.79 Å². The Bertz CT molecular complexity index is 881. The van der Waals surface area contributed by atoms with Gasteiger partial charge in [0.15, 0.2) is 0 Å². The monoisotopic (exact) mass is 332 g/mol. The lowest BCUT2D eigenvalue weighted by Crippen LogP contribution is -1.98. The topological polar surface area (TPSA) is 62.2 Å². The average Bonchev–Trinajstić information content (AvgIpc) is 2.47. The SMILES string of the molecule is O=C(O)c1cccc(Nc2ccnc3cc(Cl)cc(Cl)c23)c1. The largest absolute Gasteiger partial charge is 0.478 e. The molecule has 0 spiro atoms. The van der Waals surface area contributed by atoms with E-state index in [1.54, 1.807) is 42.6 Å². The molecular weight excluding hydrogens is 323 g/mol. The van der Waals surface area contributed by atoms with Gasteiger partial charge in [0.2, 0.25) is 0 Å². The minimum Gasteiger partial charge on any atom is -0.478 e. The molecule has 1 heterocycles. The second kappa shape index (κ2) is 5.83. The van der Waals surface area contributed by atoms with Crippen molar-refractivity contribution in [3.05, 3.63) is 64.3 Å². The lowest BCUT2D eigenvalue weighted by Gasteiger charge is -2.11. The molecule has 0 bridgehead atoms. The number of carboxylic acids is 1. The Balaban J connectivity index is 2.08. The molecule has 3 rings (SSSR count). The summed E-state index contributed by atoms with van der Waals surface area (Å²) in [5, 5.41) is 13.9. The summed E-state index contributed by atoms with van der Waals surface area (Å²) in [6.45, 7) is 0. The summed E-state index contributed by atoms with van der Waals surface area (Å²) in [4.78, 5) is 15.3. The summed E-state index contributed by atoms with van der Waals surface area (Å²) in [6, 6.07) is 11.7. The molecule has 0 aliphatic heterocycles. The Labute approximate surface area is 136 Å². The van der Waals surface area contributed by atoms with Crippen LogP contribution in [0.1, 0.15) is 10.4 Å². The predicted octanol–water partition coefficient (Wildman–Crippen LogP) is 4.98. The molecule has 0 amide bonds. The first-order valence-electron chi connectivity index (χ1n) is 6.39. The van der Waals surface area contributed by atoms with Crippen LogP contribution in [0.2, 0.25) is 10.0 Å². The first-order chi connectivity index (χ1) is 10.5. The smallest absolute Gasteiger partial charge is 0.335 e. The summed E-state index contributed by atoms with van der Waals surface area (Å²) in [5.74, 6) is -0.979. The van der Waals surface area contributed by atoms with Gasteiger partial charge in [-0.1, -0.05) is 29.3 Å². The molecule has 6 heteroatoms. The zero-order valence-electron chi connectivity index (χ0n) is 11.2. The molecule has 2 N–H and O–H groups in total. The van der Waals surface area contributed by atoms with E-state index in [0.29, 0.717) is 21.2 Å². The molecule has 22 heavy (non-hydrogen) atoms. The quantitative estimate of drug-likeness (QED) is 0.709. The fourth-order valence-corrected chi connectivity index (χ4v) is 2.78. The number of rotatable bonds is 3. The van der Waals surface area contributed by atoms with E-state index in [2.05, 4.69) is 10.3 Å². The Morgan fingerprint density at radius 3 is 2.73 bits per heavy atom. The van der Waals surface area contributed by atoms with Crippen LogP contribution in [-0.2, 0) is 0 Å². The number of hydrogen-bond donors (Lipinski definition) is 2. The van der Waals surface area contributed by atoms with Gasteiger partial charge < -0.3 is 10.4 Å². The first kappa shape index (κ1) is 14.6. The summed E-state index contributed by atoms with van der Waals surface area (Å²) in [6.07, 6.45) is 1.64. The molecule has 0 radical (unpaired) electrons. The number of aromatic nitrogens is 1. The number of benzene rings is 2. The van der Waals surface area contributed by atoms with E-state index in [4.69, 9.17) is 28.3 Å². The Hall–Kier alpha value is -2.30. The third-order valence-electron chi connectivity index (χ3n) is 3.15. The first-order valence-corrected chi connectivity index (χ1v) is 7.14. The van der Waals surface area contributed by atoms with Crippen molar-refractivity contribution in [2.75, 3.05) is 5.32 Å². The molecule has 2 aromatic carbocycles. The van der Waals surface area contributed by atoms with Gasteiger partial charge in [-0.15, -0.1) is 0 Å². The minimum absolute atomic E-state index is 0.206. The highest BCUT2D eigenvalue weighted by Gasteiger charge is 2.09. The van der Waals surface area contributed by atoms with E-state index in [9.17, 15) is 4.79 Å². The maximum atomic E-state index is 11.0. The zero-order chi connectivity index (χ0) is 15.7. The second-order valence-electron chi connectivity index (χ2n) is 4.65. The van der Waals surface area contributed by atoms with Crippen LogP contribution in [0.15, 0.2) is 48.7 Å². The molecule has 0 saturated heterocycles. The number of carbonyl (C=O) groups is 1. The van der Waals surface area contributed by atoms with Gasteiger partial charge in [0, 0.05) is 22.3 Å². The van der Waals surface area contributed by atoms with E-state index in [1.807, 2.05) is 0 Å². The van der Waals surface area contributed by atoms with E-state index < -0.39 is 5.97 Å². The van der Waals surface area contributed by atoms with Gasteiger partial charge in [-0.3, -0.25) is 4.98 Å². The summed E-state index contributed by atoms with van der Waals surface area (Å²) < 4.78 is 0. The van der Waals surface area contributed by atoms with Crippen LogP contribution in [0.5, 0.6) is 0 Å². The van der Waals surface area contributed by atoms with Crippen LogP contribution < -0.4 is 5.32 Å². The maximum Gasteiger partial charge on any atom is 0.335 e. The van der Waals surface area contributed by atoms with Crippen LogP contribution in [0.25, 0.3) is 10.9 Å². The van der Waals surface area contributed by atoms with Gasteiger partial charge in [0.25, 0.3) is 0 Å². The molecule has 0 aliphatic carbocycles. The number of anilines is 2. The van der Waals surface area contributed by atoms with Crippen LogP contribution in [0, 0.1) is 0 Å². The molecule has 0 fully saturated rings. The standard InChI is InChI=1S/C16H10Cl2N2O2/c17-10-7-12(18)15-13(4-5-19-14(15)8-10)20-11-3-1-2-9(6-11)16(21)22/h1-8H,(H,19,20)(H,21,22). The Kier molecular flexibility index (Phi) is 3.88. The van der Waals surface area contributed by atoms with Gasteiger partial charge in [0.05, 0.1) is 21.8 Å². The lowest BCUT2D eigenvalue weighted by atomic mass is 10.1. The summed E-state index contributed by atoms with van der Waals surface area (Å²) in [7, 11) is 0. The highest BCUT2D eigenvalue weighted by Crippen LogP contribution is 2.33. The fraction of sp³-hybridized carbons (Fsp3) is 0. The normalized spacial score (nSPS) is 10.6. The van der Waals surface area contributed by atoms with E-state index in [1.165, 1.54) is 6.07 Å². The van der Waals surface area contributed by atoms with E-state index in [-0.39, 0.29) is 5.56 Å². The molecule has 1 aromatic heterocycles. The number of fused-ring (bicyclic) bond motifs is 1. The van der Waals surface area contributed by atoms with Gasteiger partial charge in [-0.2, -0.15) is 0 Å². The van der Waals surface area contributed by atoms with Gasteiger partial charge in [-0.05, 0) is 36.4 Å². The number of carboxylic acid groups (broad SMARTS) is 1. The summed E-state index contributed by atoms with van der Waals surface area (Å²) in [5.41, 5.74) is 2.25. The van der Waals surface area contributed by atoms with Crippen LogP contribution in [0.3, 0.4) is 0 Å². The number of hydrogen-bond acceptors (Lipinski definition) is 3. The number of halogens is 2. The number of pyridine rings is 1. The lowest BCUT2D eigenvalue weighted by molar-refractivity contribution is 0.0697. The molecule has 0 unspecified atom stereocenters. The highest BCUT2D eigenvalue weighted by atomic mass is 35.5. The van der Waals surface area contributed by atoms with Gasteiger partial charge in [0.1, 0.15) is 0 Å². The predicted molar refractivity (Wildman–Crippen MR) is 88.4 cm³/mol. The molecule has 4 nitrogen and oxygen atoms in total. The molecule has 0 saturated carbocycles. The zero-order valence-corrected chi connectivity index (χ0v) is 12.7. The van der Waals surface area contributed by atoms with E-state index >= 15 is 0 Å². The van der Waals surface area contributed by atoms with Crippen molar-refractivity contribution in [2.24, 2.45) is 0 Å². The van der Waals surface area contributed by atoms with Crippen LogP contribution >= 0.6 is 23.2 Å². The second-order valence-corrected chi connectivity index (χ2v) is 5.49. The minimum atomic E-state index is -0.979. The van der Waals surface area contributed by atoms with Gasteiger partial charge >= 0.3 is 5.97 Å². The Morgan fingerprint density at radius 2 is 1.95 bits per heavy atom. The number of aromatic carboxylic acids is 1. The molecule has 0 atom stereocenters. The maximum absolute atomic E-state index is 11.0. The van der Waals surface area contributed by atoms with Crippen LogP contribution in [-0.4, -0.2) is 16.1 Å². The van der Waals surface area contributed by atoms with Crippen molar-refractivity contribution in [1.29, 1.82) is 0 Å². The van der Waals surface area contributed by atoms with Crippen LogP contribution in [0.4, 0.5) is 11.4 Å². The van der Waals surface area contributed by atoms with Crippen molar-refractivity contribution < 1.29 is 9.90 Å². The molecule has 3 aromatic rings. The number of nitrogens with one attached hydrogen (secondary N) is 1. The van der Waals surface area contributed by atoms with Crippen molar-refractivity contribution in [2.45, 2.75) is 0 Å². The Morgan fingerprint density at radius 1 is 1.14 bits per heavy atom. The fourth-order valence-electron chi connectivity index (χ4n) is 2.19. The molecular formula is C16H10Cl2N2O2. The van der Waals surface area contributed by atoms with Crippen molar-refractivity contribution >= 4 is 51.4 Å². The van der Waals surface area contributed by atoms with Crippen molar-refractivity contribution in [1.82, 2.24) is 4.98 Å². The highest BCUT2D eigenvalue weighted by molar-refractivity contribution is 6.39. The average molecular weight is 333 g/mol. The molecule has 0 aliphatic rings.